The van der Waals surface area contributed by atoms with Crippen LogP contribution >= 0.6 is 10.6 Å². The molecule has 3 rings (SSSR count). The lowest BCUT2D eigenvalue weighted by Gasteiger charge is -2.53. The number of benzene rings is 1. The van der Waals surface area contributed by atoms with E-state index in [-0.39, 0.29) is 23.2 Å². The Labute approximate surface area is 165 Å². The number of carbonyl (C=O) groups is 1. The number of aliphatic imine (C=N–C) groups is 1. The Balaban J connectivity index is 1.92. The van der Waals surface area contributed by atoms with Gasteiger partial charge in [0.05, 0.1) is 5.75 Å². The summed E-state index contributed by atoms with van der Waals surface area (Å²) >= 11 is 0. The van der Waals surface area contributed by atoms with Crippen molar-refractivity contribution in [2.24, 2.45) is 10.7 Å². The van der Waals surface area contributed by atoms with Crippen LogP contribution in [0.4, 0.5) is 14.9 Å². The van der Waals surface area contributed by atoms with Crippen molar-refractivity contribution in [2.75, 3.05) is 24.2 Å². The summed E-state index contributed by atoms with van der Waals surface area (Å²) in [4.78, 5) is 18.5. The van der Waals surface area contributed by atoms with Crippen molar-refractivity contribution in [3.05, 3.63) is 41.7 Å². The standard InChI is InChI=1S/C19H27FN4O3S/c1-18(2)16(21)23-19(3,12-28(18,26)27)14-11-13(7-8-15(14)20)22-17(25)24-9-5-4-6-10-24/h4-5,7-8,11,26-27H,6,9-10,12H2,1-3H3,(H2,21,23)(H,22,25). The molecule has 0 saturated heterocycles. The fourth-order valence-electron chi connectivity index (χ4n) is 3.35. The van der Waals surface area contributed by atoms with Crippen LogP contribution in [0.5, 0.6) is 0 Å². The van der Waals surface area contributed by atoms with E-state index in [2.05, 4.69) is 10.3 Å². The number of hydrogen-bond donors (Lipinski definition) is 4. The monoisotopic (exact) mass is 410 g/mol. The Morgan fingerprint density at radius 2 is 2.04 bits per heavy atom. The lowest BCUT2D eigenvalue weighted by atomic mass is 9.92. The summed E-state index contributed by atoms with van der Waals surface area (Å²) in [6, 6.07) is 3.92. The van der Waals surface area contributed by atoms with Crippen LogP contribution in [0, 0.1) is 5.82 Å². The molecule has 2 aliphatic heterocycles. The minimum atomic E-state index is -3.16. The van der Waals surface area contributed by atoms with Gasteiger partial charge in [0.25, 0.3) is 0 Å². The van der Waals surface area contributed by atoms with Gasteiger partial charge in [0.1, 0.15) is 21.9 Å². The van der Waals surface area contributed by atoms with E-state index >= 15 is 0 Å². The van der Waals surface area contributed by atoms with Crippen molar-refractivity contribution in [3.63, 3.8) is 0 Å². The van der Waals surface area contributed by atoms with Crippen molar-refractivity contribution in [1.29, 1.82) is 0 Å². The second-order valence-electron chi connectivity index (χ2n) is 7.92. The highest BCUT2D eigenvalue weighted by Crippen LogP contribution is 2.59. The van der Waals surface area contributed by atoms with E-state index in [9.17, 15) is 18.3 Å². The van der Waals surface area contributed by atoms with E-state index in [1.54, 1.807) is 25.7 Å². The number of urea groups is 1. The molecule has 1 unspecified atom stereocenters. The summed E-state index contributed by atoms with van der Waals surface area (Å²) in [6.45, 7) is 5.98. The van der Waals surface area contributed by atoms with E-state index in [1.165, 1.54) is 18.2 Å². The van der Waals surface area contributed by atoms with E-state index in [0.29, 0.717) is 18.8 Å². The molecule has 2 amide bonds. The molecule has 5 N–H and O–H groups in total. The third-order valence-electron chi connectivity index (χ3n) is 5.43. The Kier molecular flexibility index (Phi) is 5.20. The second kappa shape index (κ2) is 7.06. The quantitative estimate of drug-likeness (QED) is 0.557. The van der Waals surface area contributed by atoms with E-state index in [1.807, 2.05) is 12.2 Å². The van der Waals surface area contributed by atoms with Crippen LogP contribution in [0.25, 0.3) is 0 Å². The smallest absolute Gasteiger partial charge is 0.322 e. The Bertz CT molecular complexity index is 856. The van der Waals surface area contributed by atoms with Gasteiger partial charge in [-0.25, -0.2) is 9.18 Å². The Hall–Kier alpha value is -2.10. The van der Waals surface area contributed by atoms with Gasteiger partial charge in [0, 0.05) is 24.3 Å². The zero-order valence-electron chi connectivity index (χ0n) is 16.3. The average Bonchev–Trinajstić information content (AvgIpc) is 2.62. The number of nitrogens with one attached hydrogen (secondary N) is 1. The molecule has 1 aromatic rings. The van der Waals surface area contributed by atoms with Crippen LogP contribution < -0.4 is 11.1 Å². The minimum Gasteiger partial charge on any atom is -0.386 e. The summed E-state index contributed by atoms with van der Waals surface area (Å²) in [7, 11) is -3.16. The first-order valence-electron chi connectivity index (χ1n) is 9.08. The lowest BCUT2D eigenvalue weighted by molar-refractivity contribution is 0.216. The molecule has 0 spiro atoms. The molecule has 2 heterocycles. The van der Waals surface area contributed by atoms with Gasteiger partial charge in [0.2, 0.25) is 0 Å². The highest BCUT2D eigenvalue weighted by molar-refractivity contribution is 8.26. The summed E-state index contributed by atoms with van der Waals surface area (Å²) in [5.41, 5.74) is 5.32. The Morgan fingerprint density at radius 3 is 2.64 bits per heavy atom. The molecule has 9 heteroatoms. The van der Waals surface area contributed by atoms with Crippen molar-refractivity contribution >= 4 is 28.1 Å². The van der Waals surface area contributed by atoms with Gasteiger partial charge < -0.3 is 16.0 Å². The zero-order valence-corrected chi connectivity index (χ0v) is 17.1. The molecule has 154 valence electrons. The molecular formula is C19H27FN4O3S. The number of nitrogens with zero attached hydrogens (tertiary/aromatic N) is 2. The third-order valence-corrected chi connectivity index (χ3v) is 8.24. The average molecular weight is 411 g/mol. The molecule has 28 heavy (non-hydrogen) atoms. The van der Waals surface area contributed by atoms with Crippen LogP contribution in [-0.2, 0) is 5.54 Å². The van der Waals surface area contributed by atoms with Gasteiger partial charge in [-0.3, -0.25) is 14.1 Å². The molecule has 0 fully saturated rings. The van der Waals surface area contributed by atoms with Crippen LogP contribution in [0.1, 0.15) is 32.8 Å². The summed E-state index contributed by atoms with van der Waals surface area (Å²) in [5, 5.41) is 2.77. The fraction of sp³-hybridized carbons (Fsp3) is 0.474. The van der Waals surface area contributed by atoms with Crippen molar-refractivity contribution in [2.45, 2.75) is 37.5 Å². The van der Waals surface area contributed by atoms with Crippen LogP contribution in [0.3, 0.4) is 0 Å². The first-order chi connectivity index (χ1) is 13.0. The first kappa shape index (κ1) is 20.6. The van der Waals surface area contributed by atoms with E-state index in [4.69, 9.17) is 5.73 Å². The van der Waals surface area contributed by atoms with Gasteiger partial charge in [-0.15, -0.1) is 0 Å². The number of carbonyl (C=O) groups excluding carboxylic acids is 1. The van der Waals surface area contributed by atoms with Gasteiger partial charge in [0.15, 0.2) is 0 Å². The number of rotatable bonds is 2. The largest absolute Gasteiger partial charge is 0.386 e. The molecule has 0 aromatic heterocycles. The highest BCUT2D eigenvalue weighted by Gasteiger charge is 2.49. The first-order valence-corrected chi connectivity index (χ1v) is 10.8. The SMILES string of the molecule is CC1(c2cc(NC(=O)N3CC=CCC3)ccc2F)CS(O)(O)C(C)(C)C(N)=N1. The molecule has 0 saturated carbocycles. The Morgan fingerprint density at radius 1 is 1.32 bits per heavy atom. The number of hydrogen-bond acceptors (Lipinski definition) is 5. The van der Waals surface area contributed by atoms with Gasteiger partial charge in [-0.05, 0) is 45.4 Å². The van der Waals surface area contributed by atoms with Gasteiger partial charge in [-0.2, -0.15) is 10.6 Å². The van der Waals surface area contributed by atoms with Gasteiger partial charge >= 0.3 is 6.03 Å². The molecular weight excluding hydrogens is 383 g/mol. The number of anilines is 1. The molecule has 0 aliphatic carbocycles. The number of amidine groups is 1. The number of amides is 2. The molecule has 1 atom stereocenters. The highest BCUT2D eigenvalue weighted by atomic mass is 32.3. The summed E-state index contributed by atoms with van der Waals surface area (Å²) in [6.07, 6.45) is 4.74. The van der Waals surface area contributed by atoms with Crippen LogP contribution in [0.15, 0.2) is 35.3 Å². The maximum absolute atomic E-state index is 14.7. The molecule has 2 aliphatic rings. The van der Waals surface area contributed by atoms with E-state index in [0.717, 1.165) is 6.42 Å². The topological polar surface area (TPSA) is 111 Å². The molecule has 1 aromatic carbocycles. The maximum Gasteiger partial charge on any atom is 0.322 e. The maximum atomic E-state index is 14.7. The lowest BCUT2D eigenvalue weighted by Crippen LogP contribution is -2.52. The predicted molar refractivity (Wildman–Crippen MR) is 112 cm³/mol. The summed E-state index contributed by atoms with van der Waals surface area (Å²) < 4.78 is 34.8. The predicted octanol–water partition coefficient (Wildman–Crippen LogP) is 3.73. The number of nitrogens with two attached hydrogens (primary N) is 1. The van der Waals surface area contributed by atoms with Gasteiger partial charge in [-0.1, -0.05) is 12.2 Å². The zero-order chi connectivity index (χ0) is 20.7. The second-order valence-corrected chi connectivity index (χ2v) is 10.6. The van der Waals surface area contributed by atoms with Crippen LogP contribution in [-0.4, -0.2) is 49.5 Å². The minimum absolute atomic E-state index is 0.0650. The molecule has 0 bridgehead atoms. The fourth-order valence-corrected chi connectivity index (χ4v) is 5.10. The van der Waals surface area contributed by atoms with Crippen molar-refractivity contribution < 1.29 is 18.3 Å². The van der Waals surface area contributed by atoms with Crippen molar-refractivity contribution in [3.8, 4) is 0 Å². The summed E-state index contributed by atoms with van der Waals surface area (Å²) in [5.74, 6) is -0.637. The van der Waals surface area contributed by atoms with Crippen molar-refractivity contribution in [1.82, 2.24) is 4.90 Å². The molecule has 7 nitrogen and oxygen atoms in total. The number of halogens is 1. The molecule has 0 radical (unpaired) electrons. The van der Waals surface area contributed by atoms with Crippen LogP contribution in [0.2, 0.25) is 0 Å². The van der Waals surface area contributed by atoms with E-state index < -0.39 is 26.7 Å². The normalized spacial score (nSPS) is 27.1. The third kappa shape index (κ3) is 3.61.